The molecule has 24 heavy (non-hydrogen) atoms. The van der Waals surface area contributed by atoms with Gasteiger partial charge < -0.3 is 30.9 Å². The van der Waals surface area contributed by atoms with E-state index in [9.17, 15) is 24.6 Å². The van der Waals surface area contributed by atoms with E-state index in [2.05, 4.69) is 0 Å². The van der Waals surface area contributed by atoms with Crippen LogP contribution < -0.4 is 17.0 Å². The normalized spacial score (nSPS) is 26.2. The maximum Gasteiger partial charge on any atom is 0.330 e. The molecule has 1 amide bonds. The van der Waals surface area contributed by atoms with Crippen LogP contribution in [0.2, 0.25) is 0 Å². The average molecular weight is 345 g/mol. The van der Waals surface area contributed by atoms with Crippen LogP contribution in [0.4, 0.5) is 0 Å². The zero-order chi connectivity index (χ0) is 18.0. The molecular weight excluding hydrogens is 326 g/mol. The summed E-state index contributed by atoms with van der Waals surface area (Å²) in [5.74, 6) is -2.60. The van der Waals surface area contributed by atoms with Gasteiger partial charge in [-0.2, -0.15) is 0 Å². The predicted molar refractivity (Wildman–Crippen MR) is 78.0 cm³/mol. The van der Waals surface area contributed by atoms with Crippen LogP contribution >= 0.6 is 0 Å². The Kier molecular flexibility index (Phi) is 5.51. The molecule has 1 aromatic heterocycles. The van der Waals surface area contributed by atoms with Crippen LogP contribution in [-0.2, 0) is 9.53 Å². The highest BCUT2D eigenvalue weighted by Crippen LogP contribution is 2.28. The molecule has 2 rings (SSSR count). The standard InChI is InChI=1S/C13H19N3O8/c14-11(21)10(7(20)3-17)5-2-16(13(23)15-12(5)22)9-1-6(19)8(4-18)24-9/h2,6-10,17-20H,1,3-4H2,(H2,14,21)(H,15,22,23)/t6-,7?,8+,9+,10?/m0/s1. The average Bonchev–Trinajstić information content (AvgIpc) is 2.89. The lowest BCUT2D eigenvalue weighted by Crippen LogP contribution is -2.41. The summed E-state index contributed by atoms with van der Waals surface area (Å²) in [6.45, 7) is -1.28. The Hall–Kier alpha value is -2.05. The number of H-pyrrole nitrogens is 1. The number of aliphatic hydroxyl groups excluding tert-OH is 4. The third-order valence-electron chi connectivity index (χ3n) is 3.90. The fourth-order valence-corrected chi connectivity index (χ4v) is 2.64. The van der Waals surface area contributed by atoms with Crippen LogP contribution in [0.25, 0.3) is 0 Å². The molecule has 0 aliphatic carbocycles. The molecule has 2 unspecified atom stereocenters. The van der Waals surface area contributed by atoms with E-state index in [1.807, 2.05) is 4.98 Å². The van der Waals surface area contributed by atoms with Crippen LogP contribution in [0.1, 0.15) is 24.1 Å². The number of hydrogen-bond acceptors (Lipinski definition) is 8. The molecule has 2 heterocycles. The summed E-state index contributed by atoms with van der Waals surface area (Å²) in [4.78, 5) is 37.4. The number of nitrogens with zero attached hydrogens (tertiary/aromatic N) is 1. The monoisotopic (exact) mass is 345 g/mol. The van der Waals surface area contributed by atoms with E-state index in [0.29, 0.717) is 0 Å². The van der Waals surface area contributed by atoms with Gasteiger partial charge in [0.25, 0.3) is 5.56 Å². The molecule has 1 aromatic rings. The van der Waals surface area contributed by atoms with E-state index in [4.69, 9.17) is 20.7 Å². The molecule has 1 aliphatic rings. The first-order valence-corrected chi connectivity index (χ1v) is 7.18. The molecule has 0 aromatic carbocycles. The molecule has 0 spiro atoms. The molecule has 1 fully saturated rings. The lowest BCUT2D eigenvalue weighted by Gasteiger charge is -2.20. The van der Waals surface area contributed by atoms with Crippen molar-refractivity contribution in [2.75, 3.05) is 13.2 Å². The van der Waals surface area contributed by atoms with Gasteiger partial charge in [-0.25, -0.2) is 4.79 Å². The summed E-state index contributed by atoms with van der Waals surface area (Å²) in [6.07, 6.45) is -3.56. The Morgan fingerprint density at radius 3 is 2.62 bits per heavy atom. The Balaban J connectivity index is 2.47. The summed E-state index contributed by atoms with van der Waals surface area (Å²) >= 11 is 0. The Labute approximate surface area is 134 Å². The molecule has 134 valence electrons. The zero-order valence-corrected chi connectivity index (χ0v) is 12.5. The number of nitrogens with two attached hydrogens (primary N) is 1. The first-order chi connectivity index (χ1) is 11.3. The quantitative estimate of drug-likeness (QED) is 0.301. The Bertz CT molecular complexity index is 714. The summed E-state index contributed by atoms with van der Waals surface area (Å²) in [7, 11) is 0. The second kappa shape index (κ2) is 7.23. The fourth-order valence-electron chi connectivity index (χ4n) is 2.64. The minimum atomic E-state index is -1.63. The van der Waals surface area contributed by atoms with Gasteiger partial charge in [0.1, 0.15) is 12.3 Å². The van der Waals surface area contributed by atoms with Gasteiger partial charge in [0.05, 0.1) is 31.3 Å². The molecule has 1 aliphatic heterocycles. The van der Waals surface area contributed by atoms with Crippen molar-refractivity contribution in [2.24, 2.45) is 5.73 Å². The molecule has 11 nitrogen and oxygen atoms in total. The number of carbonyl (C=O) groups excluding carboxylic acids is 1. The van der Waals surface area contributed by atoms with Gasteiger partial charge in [0.2, 0.25) is 5.91 Å². The van der Waals surface area contributed by atoms with Gasteiger partial charge in [-0.1, -0.05) is 0 Å². The van der Waals surface area contributed by atoms with E-state index in [1.165, 1.54) is 0 Å². The highest BCUT2D eigenvalue weighted by atomic mass is 16.5. The second-order valence-corrected chi connectivity index (χ2v) is 5.50. The maximum absolute atomic E-state index is 12.0. The van der Waals surface area contributed by atoms with E-state index >= 15 is 0 Å². The number of primary amides is 1. The molecule has 11 heteroatoms. The van der Waals surface area contributed by atoms with Crippen LogP contribution in [0.5, 0.6) is 0 Å². The lowest BCUT2D eigenvalue weighted by molar-refractivity contribution is -0.122. The number of hydrogen-bond donors (Lipinski definition) is 6. The number of amides is 1. The van der Waals surface area contributed by atoms with Crippen molar-refractivity contribution in [3.63, 3.8) is 0 Å². The topological polar surface area (TPSA) is 188 Å². The number of ether oxygens (including phenoxy) is 1. The van der Waals surface area contributed by atoms with Crippen molar-refractivity contribution in [3.05, 3.63) is 32.6 Å². The van der Waals surface area contributed by atoms with Gasteiger partial charge in [-0.3, -0.25) is 19.1 Å². The van der Waals surface area contributed by atoms with Crippen LogP contribution in [-0.4, -0.2) is 67.4 Å². The van der Waals surface area contributed by atoms with Gasteiger partial charge >= 0.3 is 5.69 Å². The van der Waals surface area contributed by atoms with Crippen molar-refractivity contribution in [2.45, 2.75) is 36.9 Å². The van der Waals surface area contributed by atoms with Crippen LogP contribution in [0.15, 0.2) is 15.8 Å². The minimum absolute atomic E-state index is 0.0274. The molecule has 0 radical (unpaired) electrons. The number of aliphatic hydroxyl groups is 4. The van der Waals surface area contributed by atoms with Gasteiger partial charge in [-0.05, 0) is 0 Å². The highest BCUT2D eigenvalue weighted by Gasteiger charge is 2.36. The van der Waals surface area contributed by atoms with Crippen molar-refractivity contribution < 1.29 is 30.0 Å². The summed E-state index contributed by atoms with van der Waals surface area (Å²) < 4.78 is 6.25. The third kappa shape index (κ3) is 3.39. The van der Waals surface area contributed by atoms with Crippen LogP contribution in [0.3, 0.4) is 0 Å². The Morgan fingerprint density at radius 2 is 2.12 bits per heavy atom. The van der Waals surface area contributed by atoms with Crippen molar-refractivity contribution in [1.82, 2.24) is 9.55 Å². The maximum atomic E-state index is 12.0. The smallest absolute Gasteiger partial charge is 0.330 e. The van der Waals surface area contributed by atoms with Crippen molar-refractivity contribution >= 4 is 5.91 Å². The molecule has 7 N–H and O–H groups in total. The van der Waals surface area contributed by atoms with Gasteiger partial charge in [-0.15, -0.1) is 0 Å². The number of rotatable bonds is 6. The molecule has 5 atom stereocenters. The first kappa shape index (κ1) is 18.3. The molecular formula is C13H19N3O8. The molecule has 0 bridgehead atoms. The highest BCUT2D eigenvalue weighted by molar-refractivity contribution is 5.82. The van der Waals surface area contributed by atoms with E-state index in [-0.39, 0.29) is 12.0 Å². The first-order valence-electron chi connectivity index (χ1n) is 7.18. The largest absolute Gasteiger partial charge is 0.394 e. The van der Waals surface area contributed by atoms with Gasteiger partial charge in [0.15, 0.2) is 0 Å². The summed E-state index contributed by atoms with van der Waals surface area (Å²) in [5.41, 5.74) is 3.04. The molecule has 0 saturated carbocycles. The predicted octanol–water partition coefficient (Wildman–Crippen LogP) is -3.90. The lowest BCUT2D eigenvalue weighted by atomic mass is 9.95. The van der Waals surface area contributed by atoms with Crippen molar-refractivity contribution in [3.8, 4) is 0 Å². The molecule has 1 saturated heterocycles. The Morgan fingerprint density at radius 1 is 1.46 bits per heavy atom. The summed E-state index contributed by atoms with van der Waals surface area (Å²) in [5, 5.41) is 37.6. The van der Waals surface area contributed by atoms with E-state index < -0.39 is 60.8 Å². The fraction of sp³-hybridized carbons (Fsp3) is 0.615. The van der Waals surface area contributed by atoms with Crippen molar-refractivity contribution in [1.29, 1.82) is 0 Å². The van der Waals surface area contributed by atoms with Gasteiger partial charge in [0, 0.05) is 18.2 Å². The number of nitrogens with one attached hydrogen (secondary N) is 1. The SMILES string of the molecule is NC(=O)C(c1cn([C@H]2C[C@H](O)[C@@H](CO)O2)c(=O)[nH]c1=O)C(O)CO. The third-order valence-corrected chi connectivity index (χ3v) is 3.90. The number of aromatic amines is 1. The van der Waals surface area contributed by atoms with Crippen LogP contribution in [0, 0.1) is 0 Å². The minimum Gasteiger partial charge on any atom is -0.394 e. The second-order valence-electron chi connectivity index (χ2n) is 5.50. The van der Waals surface area contributed by atoms with E-state index in [1.54, 1.807) is 0 Å². The summed E-state index contributed by atoms with van der Waals surface area (Å²) in [6, 6.07) is 0. The number of aromatic nitrogens is 2. The number of carbonyl (C=O) groups is 1. The van der Waals surface area contributed by atoms with E-state index in [0.717, 1.165) is 10.8 Å². The zero-order valence-electron chi connectivity index (χ0n) is 12.5.